The molecule has 0 bridgehead atoms. The van der Waals surface area contributed by atoms with Crippen LogP contribution in [0.3, 0.4) is 0 Å². The number of hydrogen-bond acceptors (Lipinski definition) is 5. The van der Waals surface area contributed by atoms with E-state index in [1.54, 1.807) is 12.1 Å². The number of carbonyl (C=O) groups is 2. The number of nitro groups is 1. The average molecular weight is 361 g/mol. The summed E-state index contributed by atoms with van der Waals surface area (Å²) >= 11 is 1.40. The normalized spacial score (nSPS) is 13.3. The first kappa shape index (κ1) is 16.9. The Morgan fingerprint density at radius 2 is 2.08 bits per heavy atom. The van der Waals surface area contributed by atoms with Gasteiger partial charge in [-0.3, -0.25) is 19.7 Å². The van der Waals surface area contributed by atoms with Crippen molar-refractivity contribution in [1.82, 2.24) is 0 Å². The van der Waals surface area contributed by atoms with Crippen LogP contribution in [-0.4, -0.2) is 29.0 Å². The molecule has 9 heteroatoms. The van der Waals surface area contributed by atoms with Gasteiger partial charge in [0, 0.05) is 16.6 Å². The highest BCUT2D eigenvalue weighted by Crippen LogP contribution is 2.34. The predicted octanol–water partition coefficient (Wildman–Crippen LogP) is 2.81. The van der Waals surface area contributed by atoms with Crippen LogP contribution in [0, 0.1) is 15.9 Å². The number of halogens is 1. The van der Waals surface area contributed by atoms with E-state index >= 15 is 0 Å². The van der Waals surface area contributed by atoms with Crippen molar-refractivity contribution in [1.29, 1.82) is 0 Å². The Labute approximate surface area is 146 Å². The van der Waals surface area contributed by atoms with Gasteiger partial charge in [0.1, 0.15) is 6.54 Å². The molecule has 0 fully saturated rings. The van der Waals surface area contributed by atoms with Gasteiger partial charge in [-0.1, -0.05) is 12.1 Å². The number of rotatable bonds is 4. The lowest BCUT2D eigenvalue weighted by Gasteiger charge is -2.28. The van der Waals surface area contributed by atoms with Crippen molar-refractivity contribution in [2.75, 3.05) is 22.5 Å². The highest BCUT2D eigenvalue weighted by Gasteiger charge is 2.26. The molecule has 128 valence electrons. The Bertz CT molecular complexity index is 874. The molecule has 0 spiro atoms. The first-order valence-corrected chi connectivity index (χ1v) is 8.20. The Hall–Kier alpha value is -2.94. The third kappa shape index (κ3) is 3.61. The van der Waals surface area contributed by atoms with Crippen molar-refractivity contribution in [3.05, 3.63) is 58.4 Å². The maximum absolute atomic E-state index is 13.3. The van der Waals surface area contributed by atoms with Gasteiger partial charge in [-0.25, -0.2) is 0 Å². The molecular formula is C16H12FN3O4S. The summed E-state index contributed by atoms with van der Waals surface area (Å²) in [6, 6.07) is 10.3. The Morgan fingerprint density at radius 3 is 2.84 bits per heavy atom. The second-order valence-corrected chi connectivity index (χ2v) is 6.22. The molecule has 0 atom stereocenters. The van der Waals surface area contributed by atoms with Crippen LogP contribution >= 0.6 is 11.8 Å². The molecule has 0 saturated heterocycles. The van der Waals surface area contributed by atoms with E-state index in [1.807, 2.05) is 12.1 Å². The van der Waals surface area contributed by atoms with Crippen LogP contribution in [0.25, 0.3) is 0 Å². The minimum absolute atomic E-state index is 0.0882. The standard InChI is InChI=1S/C16H12FN3O4S/c17-11-6-5-10(7-13(11)20(23)24)18-15(21)8-19-12-3-1-2-4-14(12)25-9-16(19)22/h1-7H,8-9H2,(H,18,21). The molecule has 1 aliphatic heterocycles. The van der Waals surface area contributed by atoms with Crippen molar-refractivity contribution in [2.24, 2.45) is 0 Å². The van der Waals surface area contributed by atoms with Gasteiger partial charge in [0.25, 0.3) is 0 Å². The summed E-state index contributed by atoms with van der Waals surface area (Å²) in [5.41, 5.74) is 0.00259. The van der Waals surface area contributed by atoms with Crippen LogP contribution in [0.2, 0.25) is 0 Å². The monoisotopic (exact) mass is 361 g/mol. The van der Waals surface area contributed by atoms with Gasteiger partial charge in [-0.2, -0.15) is 4.39 Å². The van der Waals surface area contributed by atoms with Gasteiger partial charge >= 0.3 is 5.69 Å². The van der Waals surface area contributed by atoms with Crippen molar-refractivity contribution in [3.63, 3.8) is 0 Å². The molecule has 7 nitrogen and oxygen atoms in total. The fourth-order valence-electron chi connectivity index (χ4n) is 2.40. The molecule has 3 rings (SSSR count). The first-order chi connectivity index (χ1) is 12.0. The summed E-state index contributed by atoms with van der Waals surface area (Å²) in [6.45, 7) is -0.235. The van der Waals surface area contributed by atoms with E-state index < -0.39 is 22.3 Å². The highest BCUT2D eigenvalue weighted by atomic mass is 32.2. The quantitative estimate of drug-likeness (QED) is 0.668. The minimum atomic E-state index is -0.986. The molecule has 1 aliphatic rings. The number of nitro benzene ring substituents is 1. The maximum atomic E-state index is 13.3. The number of thioether (sulfide) groups is 1. The number of fused-ring (bicyclic) bond motifs is 1. The van der Waals surface area contributed by atoms with Crippen molar-refractivity contribution >= 4 is 40.6 Å². The van der Waals surface area contributed by atoms with Gasteiger partial charge < -0.3 is 10.2 Å². The predicted molar refractivity (Wildman–Crippen MR) is 91.2 cm³/mol. The maximum Gasteiger partial charge on any atom is 0.306 e. The van der Waals surface area contributed by atoms with E-state index in [-0.39, 0.29) is 23.9 Å². The molecule has 0 radical (unpaired) electrons. The lowest BCUT2D eigenvalue weighted by molar-refractivity contribution is -0.387. The fraction of sp³-hybridized carbons (Fsp3) is 0.125. The van der Waals surface area contributed by atoms with E-state index in [0.717, 1.165) is 17.0 Å². The summed E-state index contributed by atoms with van der Waals surface area (Å²) < 4.78 is 13.3. The molecule has 0 unspecified atom stereocenters. The van der Waals surface area contributed by atoms with E-state index in [9.17, 15) is 24.1 Å². The number of carbonyl (C=O) groups excluding carboxylic acids is 2. The molecule has 1 heterocycles. The minimum Gasteiger partial charge on any atom is -0.324 e. The Morgan fingerprint density at radius 1 is 1.32 bits per heavy atom. The van der Waals surface area contributed by atoms with E-state index in [2.05, 4.69) is 5.32 Å². The van der Waals surface area contributed by atoms with Crippen molar-refractivity contribution < 1.29 is 18.9 Å². The molecule has 2 aromatic carbocycles. The average Bonchev–Trinajstić information content (AvgIpc) is 2.59. The molecule has 0 aromatic heterocycles. The number of para-hydroxylation sites is 1. The molecule has 1 N–H and O–H groups in total. The molecule has 2 amide bonds. The van der Waals surface area contributed by atoms with E-state index in [0.29, 0.717) is 5.69 Å². The van der Waals surface area contributed by atoms with Crippen LogP contribution in [0.15, 0.2) is 47.4 Å². The second kappa shape index (κ2) is 6.89. The number of anilines is 2. The second-order valence-electron chi connectivity index (χ2n) is 5.21. The molecule has 0 aliphatic carbocycles. The molecule has 2 aromatic rings. The SMILES string of the molecule is O=C(CN1C(=O)CSc2ccccc21)Nc1ccc(F)c([N+](=O)[O-])c1. The van der Waals surface area contributed by atoms with Crippen molar-refractivity contribution in [2.45, 2.75) is 4.90 Å². The van der Waals surface area contributed by atoms with Gasteiger partial charge in [0.2, 0.25) is 17.6 Å². The molecule has 0 saturated carbocycles. The summed E-state index contributed by atoms with van der Waals surface area (Å²) in [5.74, 6) is -1.49. The van der Waals surface area contributed by atoms with Gasteiger partial charge in [-0.05, 0) is 24.3 Å². The highest BCUT2D eigenvalue weighted by molar-refractivity contribution is 8.00. The van der Waals surface area contributed by atoms with Crippen LogP contribution in [-0.2, 0) is 9.59 Å². The van der Waals surface area contributed by atoms with E-state index in [1.165, 1.54) is 22.7 Å². The lowest BCUT2D eigenvalue weighted by Crippen LogP contribution is -2.41. The number of nitrogens with one attached hydrogen (secondary N) is 1. The van der Waals surface area contributed by atoms with Crippen molar-refractivity contribution in [3.8, 4) is 0 Å². The number of benzene rings is 2. The number of hydrogen-bond donors (Lipinski definition) is 1. The largest absolute Gasteiger partial charge is 0.324 e. The Kier molecular flexibility index (Phi) is 4.66. The first-order valence-electron chi connectivity index (χ1n) is 7.21. The summed E-state index contributed by atoms with van der Waals surface area (Å²) in [6.07, 6.45) is 0. The van der Waals surface area contributed by atoms with Gasteiger partial charge in [0.05, 0.1) is 16.4 Å². The smallest absolute Gasteiger partial charge is 0.306 e. The topological polar surface area (TPSA) is 92.6 Å². The number of nitrogens with zero attached hydrogens (tertiary/aromatic N) is 2. The lowest BCUT2D eigenvalue weighted by atomic mass is 10.2. The third-order valence-corrected chi connectivity index (χ3v) is 4.58. The van der Waals surface area contributed by atoms with Crippen LogP contribution in [0.1, 0.15) is 0 Å². The molecule has 25 heavy (non-hydrogen) atoms. The van der Waals surface area contributed by atoms with Gasteiger partial charge in [-0.15, -0.1) is 11.8 Å². The van der Waals surface area contributed by atoms with Crippen LogP contribution in [0.4, 0.5) is 21.5 Å². The Balaban J connectivity index is 1.76. The zero-order chi connectivity index (χ0) is 18.0. The zero-order valence-electron chi connectivity index (χ0n) is 12.8. The summed E-state index contributed by atoms with van der Waals surface area (Å²) in [5, 5.41) is 13.2. The van der Waals surface area contributed by atoms with Gasteiger partial charge in [0.15, 0.2) is 0 Å². The zero-order valence-corrected chi connectivity index (χ0v) is 13.6. The summed E-state index contributed by atoms with van der Waals surface area (Å²) in [4.78, 5) is 36.5. The molecular weight excluding hydrogens is 349 g/mol. The number of amides is 2. The third-order valence-electron chi connectivity index (χ3n) is 3.54. The van der Waals surface area contributed by atoms with E-state index in [4.69, 9.17) is 0 Å². The summed E-state index contributed by atoms with van der Waals surface area (Å²) in [7, 11) is 0. The van der Waals surface area contributed by atoms with Crippen LogP contribution in [0.5, 0.6) is 0 Å². The fourth-order valence-corrected chi connectivity index (χ4v) is 3.34. The van der Waals surface area contributed by atoms with Crippen LogP contribution < -0.4 is 10.2 Å².